The van der Waals surface area contributed by atoms with Crippen LogP contribution in [0.5, 0.6) is 0 Å². The Morgan fingerprint density at radius 2 is 2.14 bits per heavy atom. The molecule has 1 aromatic carbocycles. The molecule has 0 aliphatic carbocycles. The van der Waals surface area contributed by atoms with E-state index in [1.165, 1.54) is 18.2 Å². The minimum Gasteiger partial charge on any atom is -0.398 e. The molecular formula is C11H14N2O6S2. The fraction of sp³-hybridized carbons (Fsp3) is 0.182. The molecule has 0 fully saturated rings. The summed E-state index contributed by atoms with van der Waals surface area (Å²) in [5.41, 5.74) is 4.81. The van der Waals surface area contributed by atoms with Gasteiger partial charge in [-0.3, -0.25) is 9.35 Å². The van der Waals surface area contributed by atoms with E-state index in [2.05, 4.69) is 11.9 Å². The second-order valence-electron chi connectivity index (χ2n) is 3.96. The molecule has 5 N–H and O–H groups in total. The highest BCUT2D eigenvalue weighted by Gasteiger charge is 2.24. The van der Waals surface area contributed by atoms with Crippen molar-refractivity contribution in [1.29, 1.82) is 0 Å². The smallest absolute Gasteiger partial charge is 0.297 e. The first-order valence-electron chi connectivity index (χ1n) is 5.55. The van der Waals surface area contributed by atoms with E-state index in [-0.39, 0.29) is 17.8 Å². The molecule has 1 aromatic rings. The summed E-state index contributed by atoms with van der Waals surface area (Å²) >= 11 is -2.23. The van der Waals surface area contributed by atoms with Crippen molar-refractivity contribution in [1.82, 2.24) is 5.32 Å². The number of nitrogens with one attached hydrogen (secondary N) is 1. The van der Waals surface area contributed by atoms with E-state index >= 15 is 0 Å². The molecule has 0 spiro atoms. The Bertz CT molecular complexity index is 686. The molecule has 2 unspecified atom stereocenters. The van der Waals surface area contributed by atoms with Crippen LogP contribution >= 0.6 is 0 Å². The number of amides is 1. The van der Waals surface area contributed by atoms with Crippen LogP contribution in [0.2, 0.25) is 0 Å². The summed E-state index contributed by atoms with van der Waals surface area (Å²) in [6.45, 7) is 3.11. The molecule has 2 atom stereocenters. The van der Waals surface area contributed by atoms with Crippen molar-refractivity contribution in [3.63, 3.8) is 0 Å². The molecular weight excluding hydrogens is 320 g/mol. The Labute approximate surface area is 124 Å². The van der Waals surface area contributed by atoms with Gasteiger partial charge in [0.25, 0.3) is 16.0 Å². The van der Waals surface area contributed by atoms with Gasteiger partial charge in [-0.05, 0) is 12.1 Å². The third-order valence-electron chi connectivity index (χ3n) is 2.53. The first-order valence-corrected chi connectivity index (χ1v) is 8.16. The Hall–Kier alpha value is -1.75. The minimum absolute atomic E-state index is 0.231. The standard InChI is InChI=1S/C11H14N2O6S2/c1-2-7(20(15)16)6-13-11(14)8-4-3-5-9(12)10(8)21(17,18)19/h2-5,7H,1,6,12H2,(H,13,14)(H,15,16)(H,17,18,19). The molecule has 21 heavy (non-hydrogen) atoms. The lowest BCUT2D eigenvalue weighted by Crippen LogP contribution is -2.34. The second-order valence-corrected chi connectivity index (χ2v) is 6.48. The largest absolute Gasteiger partial charge is 0.398 e. The van der Waals surface area contributed by atoms with Crippen LogP contribution < -0.4 is 11.1 Å². The van der Waals surface area contributed by atoms with Crippen molar-refractivity contribution in [2.75, 3.05) is 12.3 Å². The summed E-state index contributed by atoms with van der Waals surface area (Å²) in [5, 5.41) is 1.36. The van der Waals surface area contributed by atoms with Crippen molar-refractivity contribution in [3.8, 4) is 0 Å². The van der Waals surface area contributed by atoms with E-state index < -0.39 is 37.3 Å². The highest BCUT2D eigenvalue weighted by Crippen LogP contribution is 2.22. The number of carbonyl (C=O) groups excluding carboxylic acids is 1. The van der Waals surface area contributed by atoms with E-state index in [9.17, 15) is 17.4 Å². The minimum atomic E-state index is -4.68. The number of hydrogen-bond donors (Lipinski definition) is 4. The van der Waals surface area contributed by atoms with E-state index in [1.807, 2.05) is 0 Å². The first kappa shape index (κ1) is 17.3. The first-order chi connectivity index (χ1) is 9.68. The fourth-order valence-corrected chi connectivity index (χ4v) is 2.74. The Kier molecular flexibility index (Phi) is 5.61. The Morgan fingerprint density at radius 1 is 1.52 bits per heavy atom. The number of anilines is 1. The molecule has 8 nitrogen and oxygen atoms in total. The SMILES string of the molecule is C=CC(CNC(=O)c1cccc(N)c1S(=O)(=O)O)S(=O)O. The molecule has 0 radical (unpaired) electrons. The molecule has 0 saturated carbocycles. The topological polar surface area (TPSA) is 147 Å². The van der Waals surface area contributed by atoms with Crippen molar-refractivity contribution < 1.29 is 26.5 Å². The highest BCUT2D eigenvalue weighted by molar-refractivity contribution is 7.86. The van der Waals surface area contributed by atoms with Crippen LogP contribution in [0, 0.1) is 0 Å². The van der Waals surface area contributed by atoms with Gasteiger partial charge in [0.05, 0.1) is 16.5 Å². The quantitative estimate of drug-likeness (QED) is 0.248. The van der Waals surface area contributed by atoms with Crippen molar-refractivity contribution in [2.45, 2.75) is 10.1 Å². The summed E-state index contributed by atoms with van der Waals surface area (Å²) < 4.78 is 51.5. The van der Waals surface area contributed by atoms with Crippen LogP contribution in [-0.4, -0.2) is 39.4 Å². The molecule has 0 bridgehead atoms. The van der Waals surface area contributed by atoms with E-state index in [0.717, 1.165) is 6.07 Å². The van der Waals surface area contributed by atoms with Gasteiger partial charge in [-0.2, -0.15) is 8.42 Å². The average Bonchev–Trinajstić information content (AvgIpc) is 2.36. The molecule has 10 heteroatoms. The number of rotatable bonds is 6. The molecule has 0 heterocycles. The zero-order valence-corrected chi connectivity index (χ0v) is 12.4. The second kappa shape index (κ2) is 6.80. The summed E-state index contributed by atoms with van der Waals surface area (Å²) in [6.07, 6.45) is 1.18. The maximum atomic E-state index is 12.0. The van der Waals surface area contributed by atoms with Crippen LogP contribution in [0.15, 0.2) is 35.7 Å². The van der Waals surface area contributed by atoms with Crippen molar-refractivity contribution in [3.05, 3.63) is 36.4 Å². The fourth-order valence-electron chi connectivity index (χ4n) is 1.55. The predicted octanol–water partition coefficient (Wildman–Crippen LogP) is 0.0216. The molecule has 1 amide bonds. The van der Waals surface area contributed by atoms with Crippen LogP contribution in [0.25, 0.3) is 0 Å². The lowest BCUT2D eigenvalue weighted by molar-refractivity contribution is 0.0951. The van der Waals surface area contributed by atoms with E-state index in [0.29, 0.717) is 0 Å². The van der Waals surface area contributed by atoms with Crippen molar-refractivity contribution >= 4 is 32.8 Å². The number of nitrogens with two attached hydrogens (primary N) is 1. The Balaban J connectivity index is 3.07. The van der Waals surface area contributed by atoms with Crippen molar-refractivity contribution in [2.24, 2.45) is 0 Å². The van der Waals surface area contributed by atoms with E-state index in [4.69, 9.17) is 14.8 Å². The third-order valence-corrected chi connectivity index (χ3v) is 4.38. The third kappa shape index (κ3) is 4.36. The lowest BCUT2D eigenvalue weighted by Gasteiger charge is -2.12. The Morgan fingerprint density at radius 3 is 2.62 bits per heavy atom. The maximum Gasteiger partial charge on any atom is 0.297 e. The van der Waals surface area contributed by atoms with Gasteiger partial charge in [0, 0.05) is 6.54 Å². The monoisotopic (exact) mass is 334 g/mol. The van der Waals surface area contributed by atoms with Gasteiger partial charge in [0.2, 0.25) is 0 Å². The summed E-state index contributed by atoms with van der Waals surface area (Å²) in [7, 11) is -4.68. The van der Waals surface area contributed by atoms with Crippen LogP contribution in [0.1, 0.15) is 10.4 Å². The lowest BCUT2D eigenvalue weighted by atomic mass is 10.2. The van der Waals surface area contributed by atoms with Crippen LogP contribution in [0.4, 0.5) is 5.69 Å². The van der Waals surface area contributed by atoms with Crippen LogP contribution in [-0.2, 0) is 21.2 Å². The zero-order valence-electron chi connectivity index (χ0n) is 10.7. The maximum absolute atomic E-state index is 12.0. The zero-order chi connectivity index (χ0) is 16.2. The summed E-state index contributed by atoms with van der Waals surface area (Å²) in [5.74, 6) is -0.854. The summed E-state index contributed by atoms with van der Waals surface area (Å²) in [6, 6.07) is 3.72. The molecule has 0 aliphatic rings. The number of nitrogen functional groups attached to an aromatic ring is 1. The van der Waals surface area contributed by atoms with Gasteiger partial charge in [-0.1, -0.05) is 12.1 Å². The highest BCUT2D eigenvalue weighted by atomic mass is 32.2. The molecule has 0 aromatic heterocycles. The van der Waals surface area contributed by atoms with Gasteiger partial charge in [0.1, 0.15) is 4.90 Å². The van der Waals surface area contributed by atoms with Gasteiger partial charge >= 0.3 is 0 Å². The number of benzene rings is 1. The van der Waals surface area contributed by atoms with Gasteiger partial charge in [0.15, 0.2) is 11.1 Å². The van der Waals surface area contributed by atoms with Gasteiger partial charge < -0.3 is 15.6 Å². The number of hydrogen-bond acceptors (Lipinski definition) is 5. The molecule has 116 valence electrons. The van der Waals surface area contributed by atoms with E-state index in [1.54, 1.807) is 0 Å². The number of carbonyl (C=O) groups is 1. The predicted molar refractivity (Wildman–Crippen MR) is 77.8 cm³/mol. The van der Waals surface area contributed by atoms with Gasteiger partial charge in [-0.15, -0.1) is 6.58 Å². The average molecular weight is 334 g/mol. The molecule has 0 saturated heterocycles. The molecule has 1 rings (SSSR count). The summed E-state index contributed by atoms with van der Waals surface area (Å²) in [4.78, 5) is 11.2. The molecule has 0 aliphatic heterocycles. The van der Waals surface area contributed by atoms with Gasteiger partial charge in [-0.25, -0.2) is 4.21 Å². The van der Waals surface area contributed by atoms with Crippen LogP contribution in [0.3, 0.4) is 0 Å². The normalized spacial score (nSPS) is 14.2.